The topological polar surface area (TPSA) is 98.2 Å². The number of halogens is 1. The Morgan fingerprint density at radius 3 is 1.93 bits per heavy atom. The normalized spacial score (nSPS) is 18.8. The van der Waals surface area contributed by atoms with E-state index in [0.29, 0.717) is 18.2 Å². The molecule has 0 amide bonds. The van der Waals surface area contributed by atoms with Gasteiger partial charge in [-0.15, -0.1) is 0 Å². The maximum atomic E-state index is 12.9. The summed E-state index contributed by atoms with van der Waals surface area (Å²) in [6.45, 7) is 4.94. The second kappa shape index (κ2) is 10.9. The maximum Gasteiger partial charge on any atom is 0.414 e. The Bertz CT molecular complexity index is 654. The number of carbonyl (C=O) groups excluding carboxylic acids is 1. The van der Waals surface area contributed by atoms with Crippen molar-refractivity contribution >= 4 is 17.7 Å². The summed E-state index contributed by atoms with van der Waals surface area (Å²) in [6.07, 6.45) is 6.38. The zero-order chi connectivity index (χ0) is 20.5. The van der Waals surface area contributed by atoms with Crippen molar-refractivity contribution in [3.05, 3.63) is 35.6 Å². The first-order chi connectivity index (χ1) is 13.4. The largest absolute Gasteiger partial charge is 0.473 e. The molecule has 0 bridgehead atoms. The molecule has 0 radical (unpaired) electrons. The first kappa shape index (κ1) is 22.0. The second-order valence-corrected chi connectivity index (χ2v) is 7.14. The number of rotatable bonds is 4. The number of carbonyl (C=O) groups is 3. The van der Waals surface area contributed by atoms with Crippen LogP contribution in [-0.4, -0.2) is 76.5 Å². The minimum atomic E-state index is -1.82. The SMILES string of the molecule is O=C(CN1CCC(N2CCCCC2)CC1)c1ccc(F)cc1.O=C(O)C(=O)O. The lowest BCUT2D eigenvalue weighted by Gasteiger charge is -2.40. The molecule has 0 spiro atoms. The van der Waals surface area contributed by atoms with Crippen molar-refractivity contribution in [3.63, 3.8) is 0 Å². The first-order valence-corrected chi connectivity index (χ1v) is 9.58. The zero-order valence-electron chi connectivity index (χ0n) is 15.8. The van der Waals surface area contributed by atoms with Gasteiger partial charge in [-0.2, -0.15) is 0 Å². The Morgan fingerprint density at radius 2 is 1.43 bits per heavy atom. The van der Waals surface area contributed by atoms with Crippen molar-refractivity contribution in [3.8, 4) is 0 Å². The molecule has 2 aliphatic rings. The third-order valence-electron chi connectivity index (χ3n) is 5.18. The average Bonchev–Trinajstić information content (AvgIpc) is 2.70. The summed E-state index contributed by atoms with van der Waals surface area (Å²) in [5.74, 6) is -3.85. The molecule has 28 heavy (non-hydrogen) atoms. The summed E-state index contributed by atoms with van der Waals surface area (Å²) in [4.78, 5) is 35.3. The molecule has 154 valence electrons. The summed E-state index contributed by atoms with van der Waals surface area (Å²) >= 11 is 0. The molecule has 8 heteroatoms. The van der Waals surface area contributed by atoms with Crippen LogP contribution < -0.4 is 0 Å². The number of piperidine rings is 2. The lowest BCUT2D eigenvalue weighted by molar-refractivity contribution is -0.159. The number of carboxylic acids is 2. The Labute approximate surface area is 163 Å². The van der Waals surface area contributed by atoms with Crippen molar-refractivity contribution in [2.24, 2.45) is 0 Å². The van der Waals surface area contributed by atoms with Crippen molar-refractivity contribution in [2.45, 2.75) is 38.1 Å². The Balaban J connectivity index is 0.000000409. The lowest BCUT2D eigenvalue weighted by Crippen LogP contribution is -2.47. The van der Waals surface area contributed by atoms with Gasteiger partial charge in [0.05, 0.1) is 6.54 Å². The average molecular weight is 394 g/mol. The molecule has 2 fully saturated rings. The van der Waals surface area contributed by atoms with Gasteiger partial charge in [0.25, 0.3) is 0 Å². The molecule has 0 aromatic heterocycles. The minimum Gasteiger partial charge on any atom is -0.473 e. The minimum absolute atomic E-state index is 0.0939. The number of ketones is 1. The summed E-state index contributed by atoms with van der Waals surface area (Å²) in [7, 11) is 0. The van der Waals surface area contributed by atoms with Crippen LogP contribution in [0.2, 0.25) is 0 Å². The van der Waals surface area contributed by atoms with E-state index in [9.17, 15) is 9.18 Å². The molecular weight excluding hydrogens is 367 g/mol. The smallest absolute Gasteiger partial charge is 0.414 e. The van der Waals surface area contributed by atoms with Gasteiger partial charge < -0.3 is 15.1 Å². The molecule has 7 nitrogen and oxygen atoms in total. The van der Waals surface area contributed by atoms with Crippen LogP contribution in [0.15, 0.2) is 24.3 Å². The van der Waals surface area contributed by atoms with Crippen LogP contribution in [0.25, 0.3) is 0 Å². The fraction of sp³-hybridized carbons (Fsp3) is 0.550. The highest BCUT2D eigenvalue weighted by molar-refractivity contribution is 6.27. The molecule has 1 aromatic carbocycles. The van der Waals surface area contributed by atoms with Gasteiger partial charge in [-0.1, -0.05) is 6.42 Å². The van der Waals surface area contributed by atoms with Gasteiger partial charge in [0.15, 0.2) is 5.78 Å². The zero-order valence-corrected chi connectivity index (χ0v) is 15.8. The van der Waals surface area contributed by atoms with Gasteiger partial charge >= 0.3 is 11.9 Å². The highest BCUT2D eigenvalue weighted by Crippen LogP contribution is 2.21. The van der Waals surface area contributed by atoms with Gasteiger partial charge in [0.2, 0.25) is 0 Å². The fourth-order valence-electron chi connectivity index (χ4n) is 3.66. The van der Waals surface area contributed by atoms with E-state index in [2.05, 4.69) is 9.80 Å². The molecular formula is C20H27FN2O5. The van der Waals surface area contributed by atoms with E-state index in [4.69, 9.17) is 19.8 Å². The van der Waals surface area contributed by atoms with E-state index in [1.54, 1.807) is 12.1 Å². The van der Waals surface area contributed by atoms with Gasteiger partial charge in [0.1, 0.15) is 5.82 Å². The highest BCUT2D eigenvalue weighted by Gasteiger charge is 2.26. The van der Waals surface area contributed by atoms with Crippen LogP contribution in [0.4, 0.5) is 4.39 Å². The summed E-state index contributed by atoms with van der Waals surface area (Å²) in [5.41, 5.74) is 0.611. The second-order valence-electron chi connectivity index (χ2n) is 7.14. The number of nitrogens with zero attached hydrogens (tertiary/aromatic N) is 2. The fourth-order valence-corrected chi connectivity index (χ4v) is 3.66. The molecule has 2 saturated heterocycles. The standard InChI is InChI=1S/C18H25FN2O.C2H2O4/c19-16-6-4-15(5-7-16)18(22)14-20-12-8-17(9-13-20)21-10-2-1-3-11-21;3-1(4)2(5)6/h4-7,17H,1-3,8-14H2;(H,3,4)(H,5,6). The van der Waals surface area contributed by atoms with Crippen LogP contribution in [-0.2, 0) is 9.59 Å². The summed E-state index contributed by atoms with van der Waals surface area (Å²) < 4.78 is 12.9. The number of hydrogen-bond acceptors (Lipinski definition) is 5. The summed E-state index contributed by atoms with van der Waals surface area (Å²) in [6, 6.07) is 6.58. The Morgan fingerprint density at radius 1 is 0.893 bits per heavy atom. The maximum absolute atomic E-state index is 12.9. The van der Waals surface area contributed by atoms with E-state index in [-0.39, 0.29) is 11.6 Å². The van der Waals surface area contributed by atoms with Gasteiger partial charge in [-0.25, -0.2) is 14.0 Å². The molecule has 1 aromatic rings. The van der Waals surface area contributed by atoms with Crippen molar-refractivity contribution in [1.82, 2.24) is 9.80 Å². The number of likely N-dealkylation sites (tertiary alicyclic amines) is 2. The summed E-state index contributed by atoms with van der Waals surface area (Å²) in [5, 5.41) is 14.8. The van der Waals surface area contributed by atoms with Crippen LogP contribution >= 0.6 is 0 Å². The molecule has 0 aliphatic carbocycles. The van der Waals surface area contributed by atoms with Crippen molar-refractivity contribution in [2.75, 3.05) is 32.7 Å². The van der Waals surface area contributed by atoms with Crippen LogP contribution in [0.3, 0.4) is 0 Å². The predicted octanol–water partition coefficient (Wildman–Crippen LogP) is 2.11. The quantitative estimate of drug-likeness (QED) is 0.596. The molecule has 2 heterocycles. The number of aliphatic carboxylic acids is 2. The number of Topliss-reactive ketones (excluding diaryl/α,β-unsaturated/α-hetero) is 1. The van der Waals surface area contributed by atoms with Crippen LogP contribution in [0.1, 0.15) is 42.5 Å². The molecule has 0 unspecified atom stereocenters. The van der Waals surface area contributed by atoms with E-state index in [0.717, 1.165) is 25.9 Å². The number of carboxylic acid groups (broad SMARTS) is 2. The molecule has 0 atom stereocenters. The third kappa shape index (κ3) is 7.01. The molecule has 2 N–H and O–H groups in total. The van der Waals surface area contributed by atoms with Crippen molar-refractivity contribution in [1.29, 1.82) is 0 Å². The predicted molar refractivity (Wildman–Crippen MR) is 101 cm³/mol. The van der Waals surface area contributed by atoms with E-state index < -0.39 is 11.9 Å². The van der Waals surface area contributed by atoms with E-state index in [1.165, 1.54) is 44.5 Å². The van der Waals surface area contributed by atoms with Gasteiger partial charge in [0, 0.05) is 24.7 Å². The lowest BCUT2D eigenvalue weighted by atomic mass is 9.99. The van der Waals surface area contributed by atoms with Gasteiger partial charge in [-0.05, 0) is 63.0 Å². The van der Waals surface area contributed by atoms with Crippen molar-refractivity contribution < 1.29 is 29.0 Å². The third-order valence-corrected chi connectivity index (χ3v) is 5.18. The van der Waals surface area contributed by atoms with Crippen LogP contribution in [0, 0.1) is 5.82 Å². The highest BCUT2D eigenvalue weighted by atomic mass is 19.1. The molecule has 2 aliphatic heterocycles. The Kier molecular flexibility index (Phi) is 8.53. The van der Waals surface area contributed by atoms with Gasteiger partial charge in [-0.3, -0.25) is 9.69 Å². The number of hydrogen-bond donors (Lipinski definition) is 2. The molecule has 3 rings (SSSR count). The van der Waals surface area contributed by atoms with E-state index in [1.807, 2.05) is 0 Å². The number of benzene rings is 1. The molecule has 0 saturated carbocycles. The first-order valence-electron chi connectivity index (χ1n) is 9.58. The monoisotopic (exact) mass is 394 g/mol. The Hall–Kier alpha value is -2.32. The van der Waals surface area contributed by atoms with E-state index >= 15 is 0 Å². The van der Waals surface area contributed by atoms with Crippen LogP contribution in [0.5, 0.6) is 0 Å².